The molecule has 138 valence electrons. The molecule has 1 aliphatic carbocycles. The maximum absolute atomic E-state index is 6.17. The molecule has 2 aromatic rings. The smallest absolute Gasteiger partial charge is 0.257 e. The van der Waals surface area contributed by atoms with Crippen molar-refractivity contribution < 1.29 is 9.47 Å². The van der Waals surface area contributed by atoms with Crippen LogP contribution in [0, 0.1) is 12.3 Å². The summed E-state index contributed by atoms with van der Waals surface area (Å²) in [4.78, 5) is 8.76. The van der Waals surface area contributed by atoms with Gasteiger partial charge in [0.15, 0.2) is 5.82 Å². The molecule has 5 rings (SSSR count). The van der Waals surface area contributed by atoms with E-state index in [-0.39, 0.29) is 0 Å². The molecule has 3 aliphatic rings. The van der Waals surface area contributed by atoms with E-state index < -0.39 is 0 Å². The van der Waals surface area contributed by atoms with Crippen molar-refractivity contribution in [1.29, 1.82) is 0 Å². The van der Waals surface area contributed by atoms with Gasteiger partial charge in [-0.15, -0.1) is 5.10 Å². The standard InChI is InChI=1S/C17H21ClN6O2/c1-10-13-15(23-24(10)11-5-17(6-11)8-25-9-17)26-4-2-3-19-14-12(18)7-20-16(21-13)22-14/h7,11H,2-6,8-9H2,1H3,(H2,19,20,21,22). The van der Waals surface area contributed by atoms with Gasteiger partial charge in [0.2, 0.25) is 5.95 Å². The first-order chi connectivity index (χ1) is 12.6. The van der Waals surface area contributed by atoms with Gasteiger partial charge in [-0.25, -0.2) is 4.98 Å². The van der Waals surface area contributed by atoms with Crippen LogP contribution in [0.4, 0.5) is 17.5 Å². The first kappa shape index (κ1) is 16.1. The normalized spacial score (nSPS) is 21.3. The third-order valence-electron chi connectivity index (χ3n) is 5.45. The number of anilines is 3. The maximum Gasteiger partial charge on any atom is 0.257 e. The monoisotopic (exact) mass is 376 g/mol. The van der Waals surface area contributed by atoms with Crippen LogP contribution in [0.3, 0.4) is 0 Å². The quantitative estimate of drug-likeness (QED) is 0.791. The van der Waals surface area contributed by atoms with Gasteiger partial charge in [0.05, 0.1) is 37.8 Å². The third-order valence-corrected chi connectivity index (χ3v) is 5.73. The Bertz CT molecular complexity index is 842. The lowest BCUT2D eigenvalue weighted by molar-refractivity contribution is -0.176. The van der Waals surface area contributed by atoms with Gasteiger partial charge in [-0.3, -0.25) is 4.68 Å². The molecule has 0 aromatic carbocycles. The molecular weight excluding hydrogens is 356 g/mol. The van der Waals surface area contributed by atoms with Gasteiger partial charge in [0.25, 0.3) is 5.88 Å². The van der Waals surface area contributed by atoms with E-state index in [1.54, 1.807) is 6.20 Å². The molecule has 2 aliphatic heterocycles. The van der Waals surface area contributed by atoms with Crippen molar-refractivity contribution in [3.63, 3.8) is 0 Å². The van der Waals surface area contributed by atoms with Gasteiger partial charge in [0.1, 0.15) is 10.7 Å². The van der Waals surface area contributed by atoms with Crippen LogP contribution in [0.5, 0.6) is 5.88 Å². The van der Waals surface area contributed by atoms with Crippen molar-refractivity contribution in [2.24, 2.45) is 5.41 Å². The van der Waals surface area contributed by atoms with Crippen LogP contribution in [0.15, 0.2) is 6.20 Å². The first-order valence-corrected chi connectivity index (χ1v) is 9.34. The average molecular weight is 377 g/mol. The molecule has 2 aromatic heterocycles. The summed E-state index contributed by atoms with van der Waals surface area (Å²) in [5.41, 5.74) is 2.25. The summed E-state index contributed by atoms with van der Waals surface area (Å²) in [7, 11) is 0. The number of nitrogens with one attached hydrogen (secondary N) is 2. The van der Waals surface area contributed by atoms with E-state index in [1.165, 1.54) is 0 Å². The largest absolute Gasteiger partial charge is 0.475 e. The first-order valence-electron chi connectivity index (χ1n) is 8.97. The number of nitrogens with zero attached hydrogens (tertiary/aromatic N) is 4. The highest BCUT2D eigenvalue weighted by atomic mass is 35.5. The number of hydrogen-bond acceptors (Lipinski definition) is 7. The van der Waals surface area contributed by atoms with Gasteiger partial charge < -0.3 is 20.1 Å². The van der Waals surface area contributed by atoms with E-state index in [1.807, 2.05) is 0 Å². The Morgan fingerprint density at radius 1 is 1.35 bits per heavy atom. The molecule has 1 saturated heterocycles. The molecule has 2 N–H and O–H groups in total. The predicted molar refractivity (Wildman–Crippen MR) is 97.4 cm³/mol. The molecule has 0 amide bonds. The van der Waals surface area contributed by atoms with Crippen LogP contribution in [-0.2, 0) is 4.74 Å². The minimum atomic E-state index is 0.387. The average Bonchev–Trinajstić information content (AvgIpc) is 2.82. The molecule has 4 heterocycles. The molecule has 8 nitrogen and oxygen atoms in total. The van der Waals surface area contributed by atoms with Crippen LogP contribution in [0.1, 0.15) is 31.0 Å². The number of fused-ring (bicyclic) bond motifs is 3. The van der Waals surface area contributed by atoms with E-state index in [0.717, 1.165) is 50.4 Å². The van der Waals surface area contributed by atoms with E-state index in [0.29, 0.717) is 40.7 Å². The van der Waals surface area contributed by atoms with Crippen molar-refractivity contribution >= 4 is 29.1 Å². The molecule has 0 atom stereocenters. The van der Waals surface area contributed by atoms with Crippen molar-refractivity contribution in [2.75, 3.05) is 37.0 Å². The van der Waals surface area contributed by atoms with Crippen molar-refractivity contribution in [1.82, 2.24) is 19.7 Å². The van der Waals surface area contributed by atoms with Crippen LogP contribution in [0.25, 0.3) is 0 Å². The van der Waals surface area contributed by atoms with Gasteiger partial charge >= 0.3 is 0 Å². The fourth-order valence-electron chi connectivity index (χ4n) is 3.94. The van der Waals surface area contributed by atoms with E-state index in [9.17, 15) is 0 Å². The van der Waals surface area contributed by atoms with Crippen molar-refractivity contribution in [2.45, 2.75) is 32.2 Å². The Kier molecular flexibility index (Phi) is 3.72. The fourth-order valence-corrected chi connectivity index (χ4v) is 4.10. The Hall–Kier alpha value is -2.06. The van der Waals surface area contributed by atoms with Gasteiger partial charge in [-0.2, -0.15) is 4.98 Å². The summed E-state index contributed by atoms with van der Waals surface area (Å²) in [6, 6.07) is 0.396. The van der Waals surface area contributed by atoms with Gasteiger partial charge in [-0.1, -0.05) is 11.6 Å². The summed E-state index contributed by atoms with van der Waals surface area (Å²) in [5, 5.41) is 11.7. The Morgan fingerprint density at radius 2 is 2.19 bits per heavy atom. The second-order valence-electron chi connectivity index (χ2n) is 7.41. The third kappa shape index (κ3) is 2.59. The summed E-state index contributed by atoms with van der Waals surface area (Å²) >= 11 is 6.17. The lowest BCUT2D eigenvalue weighted by Crippen LogP contribution is -2.52. The van der Waals surface area contributed by atoms with Gasteiger partial charge in [0, 0.05) is 12.0 Å². The summed E-state index contributed by atoms with van der Waals surface area (Å²) in [5.74, 6) is 1.71. The molecule has 0 unspecified atom stereocenters. The highest BCUT2D eigenvalue weighted by Gasteiger charge is 2.51. The fraction of sp³-hybridized carbons (Fsp3) is 0.588. The molecule has 26 heavy (non-hydrogen) atoms. The molecule has 9 heteroatoms. The van der Waals surface area contributed by atoms with Crippen LogP contribution < -0.4 is 15.4 Å². The number of hydrogen-bond donors (Lipinski definition) is 2. The summed E-state index contributed by atoms with van der Waals surface area (Å²) in [6.07, 6.45) is 4.65. The number of ether oxygens (including phenoxy) is 2. The Morgan fingerprint density at radius 3 is 2.96 bits per heavy atom. The SMILES string of the molecule is Cc1c2c(nn1C1CC3(COC3)C1)OCCCNc1nc(ncc1Cl)N2. The molecule has 1 spiro atoms. The number of aromatic nitrogens is 4. The maximum atomic E-state index is 6.17. The number of rotatable bonds is 1. The van der Waals surface area contributed by atoms with Gasteiger partial charge in [-0.05, 0) is 26.2 Å². The lowest BCUT2D eigenvalue weighted by atomic mass is 9.64. The Labute approximate surface area is 156 Å². The minimum absolute atomic E-state index is 0.387. The highest BCUT2D eigenvalue weighted by molar-refractivity contribution is 6.32. The lowest BCUT2D eigenvalue weighted by Gasteiger charge is -2.53. The molecular formula is C17H21ClN6O2. The minimum Gasteiger partial charge on any atom is -0.475 e. The topological polar surface area (TPSA) is 86.1 Å². The zero-order valence-corrected chi connectivity index (χ0v) is 15.3. The second-order valence-corrected chi connectivity index (χ2v) is 7.82. The zero-order valence-electron chi connectivity index (χ0n) is 14.6. The summed E-state index contributed by atoms with van der Waals surface area (Å²) in [6.45, 7) is 5.11. The Balaban J connectivity index is 1.47. The zero-order chi connectivity index (χ0) is 17.7. The molecule has 0 radical (unpaired) electrons. The van der Waals surface area contributed by atoms with E-state index >= 15 is 0 Å². The molecule has 1 saturated carbocycles. The highest BCUT2D eigenvalue weighted by Crippen LogP contribution is 2.53. The predicted octanol–water partition coefficient (Wildman–Crippen LogP) is 2.92. The number of halogens is 1. The summed E-state index contributed by atoms with van der Waals surface area (Å²) < 4.78 is 13.4. The van der Waals surface area contributed by atoms with Crippen LogP contribution in [0.2, 0.25) is 5.02 Å². The van der Waals surface area contributed by atoms with E-state index in [4.69, 9.17) is 26.2 Å². The van der Waals surface area contributed by atoms with Crippen molar-refractivity contribution in [3.05, 3.63) is 16.9 Å². The second kappa shape index (κ2) is 5.99. The van der Waals surface area contributed by atoms with Crippen molar-refractivity contribution in [3.8, 4) is 5.88 Å². The van der Waals surface area contributed by atoms with E-state index in [2.05, 4.69) is 32.2 Å². The molecule has 2 fully saturated rings. The van der Waals surface area contributed by atoms with Crippen LogP contribution >= 0.6 is 11.6 Å². The van der Waals surface area contributed by atoms with Crippen LogP contribution in [-0.4, -0.2) is 46.1 Å². The molecule has 2 bridgehead atoms.